The van der Waals surface area contributed by atoms with Gasteiger partial charge in [0.25, 0.3) is 0 Å². The van der Waals surface area contributed by atoms with Crippen molar-refractivity contribution < 1.29 is 9.90 Å². The van der Waals surface area contributed by atoms with Gasteiger partial charge in [-0.25, -0.2) is 14.5 Å². The van der Waals surface area contributed by atoms with Crippen LogP contribution in [0.25, 0.3) is 0 Å². The molecule has 0 fully saturated rings. The molecule has 0 bridgehead atoms. The fraction of sp³-hybridized carbons (Fsp3) is 0.571. The highest BCUT2D eigenvalue weighted by molar-refractivity contribution is 7.09. The lowest BCUT2D eigenvalue weighted by atomic mass is 10.1. The Balaban J connectivity index is 2.23. The zero-order chi connectivity index (χ0) is 15.4. The Labute approximate surface area is 127 Å². The molecule has 0 amide bonds. The van der Waals surface area contributed by atoms with Gasteiger partial charge < -0.3 is 5.11 Å². The molecule has 0 spiro atoms. The van der Waals surface area contributed by atoms with Crippen molar-refractivity contribution in [3.05, 3.63) is 27.5 Å². The molecular formula is C14H20N4O2S. The highest BCUT2D eigenvalue weighted by atomic mass is 32.1. The third-order valence-corrected chi connectivity index (χ3v) is 3.97. The Hall–Kier alpha value is -1.76. The number of aromatic nitrogens is 4. The van der Waals surface area contributed by atoms with Crippen molar-refractivity contribution in [2.75, 3.05) is 0 Å². The summed E-state index contributed by atoms with van der Waals surface area (Å²) in [5.41, 5.74) is 1.63. The maximum atomic E-state index is 11.2. The van der Waals surface area contributed by atoms with E-state index in [-0.39, 0.29) is 5.69 Å². The van der Waals surface area contributed by atoms with Crippen LogP contribution in [0.15, 0.2) is 5.38 Å². The van der Waals surface area contributed by atoms with Crippen LogP contribution in [0.4, 0.5) is 0 Å². The summed E-state index contributed by atoms with van der Waals surface area (Å²) < 4.78 is 1.66. The van der Waals surface area contributed by atoms with Crippen molar-refractivity contribution in [2.24, 2.45) is 5.92 Å². The van der Waals surface area contributed by atoms with Crippen molar-refractivity contribution in [3.8, 4) is 0 Å². The number of aromatic carboxylic acids is 1. The van der Waals surface area contributed by atoms with E-state index in [1.807, 2.05) is 19.2 Å². The summed E-state index contributed by atoms with van der Waals surface area (Å²) in [7, 11) is 0. The Kier molecular flexibility index (Phi) is 5.06. The number of carboxylic acids is 1. The lowest BCUT2D eigenvalue weighted by molar-refractivity contribution is 0.0689. The first-order valence-electron chi connectivity index (χ1n) is 7.10. The number of thiazole rings is 1. The van der Waals surface area contributed by atoms with Gasteiger partial charge in [-0.15, -0.1) is 16.4 Å². The maximum Gasteiger partial charge on any atom is 0.358 e. The predicted molar refractivity (Wildman–Crippen MR) is 80.7 cm³/mol. The summed E-state index contributed by atoms with van der Waals surface area (Å²) >= 11 is 1.64. The monoisotopic (exact) mass is 308 g/mol. The zero-order valence-electron chi connectivity index (χ0n) is 12.5. The molecule has 1 N–H and O–H groups in total. The van der Waals surface area contributed by atoms with E-state index in [2.05, 4.69) is 22.2 Å². The highest BCUT2D eigenvalue weighted by Gasteiger charge is 2.20. The van der Waals surface area contributed by atoms with Crippen LogP contribution in [0.5, 0.6) is 0 Å². The molecule has 2 heterocycles. The van der Waals surface area contributed by atoms with Gasteiger partial charge in [-0.05, 0) is 25.2 Å². The second-order valence-corrected chi connectivity index (χ2v) is 6.37. The predicted octanol–water partition coefficient (Wildman–Crippen LogP) is 2.63. The van der Waals surface area contributed by atoms with Crippen LogP contribution in [0.1, 0.15) is 54.1 Å². The molecule has 0 saturated carbocycles. The minimum atomic E-state index is -1.03. The van der Waals surface area contributed by atoms with Crippen LogP contribution in [-0.2, 0) is 19.4 Å². The van der Waals surface area contributed by atoms with Gasteiger partial charge >= 0.3 is 5.97 Å². The molecule has 0 aliphatic rings. The molecule has 2 aromatic rings. The minimum Gasteiger partial charge on any atom is -0.476 e. The van der Waals surface area contributed by atoms with E-state index in [9.17, 15) is 9.90 Å². The second-order valence-electron chi connectivity index (χ2n) is 5.43. The summed E-state index contributed by atoms with van der Waals surface area (Å²) in [5.74, 6) is -0.687. The molecule has 2 rings (SSSR count). The number of aryl methyl sites for hydroxylation is 1. The minimum absolute atomic E-state index is 0.0488. The lowest BCUT2D eigenvalue weighted by Crippen LogP contribution is -2.12. The van der Waals surface area contributed by atoms with Crippen molar-refractivity contribution in [1.82, 2.24) is 20.0 Å². The van der Waals surface area contributed by atoms with Crippen molar-refractivity contribution in [3.63, 3.8) is 0 Å². The molecule has 0 aromatic carbocycles. The summed E-state index contributed by atoms with van der Waals surface area (Å²) in [6.07, 6.45) is 2.68. The van der Waals surface area contributed by atoms with Gasteiger partial charge in [-0.2, -0.15) is 0 Å². The summed E-state index contributed by atoms with van der Waals surface area (Å²) in [6, 6.07) is 0. The van der Waals surface area contributed by atoms with E-state index in [4.69, 9.17) is 0 Å². The van der Waals surface area contributed by atoms with Gasteiger partial charge in [0, 0.05) is 5.38 Å². The number of hydrogen-bond acceptors (Lipinski definition) is 5. The van der Waals surface area contributed by atoms with E-state index in [0.717, 1.165) is 23.5 Å². The van der Waals surface area contributed by atoms with Crippen LogP contribution >= 0.6 is 11.3 Å². The number of nitrogens with zero attached hydrogens (tertiary/aromatic N) is 4. The third-order valence-electron chi connectivity index (χ3n) is 3.02. The SMILES string of the molecule is CCCc1nc(Cn2nnc(C(=O)O)c2CC(C)C)cs1. The molecule has 114 valence electrons. The fourth-order valence-corrected chi connectivity index (χ4v) is 3.01. The van der Waals surface area contributed by atoms with Crippen LogP contribution in [-0.4, -0.2) is 31.1 Å². The second kappa shape index (κ2) is 6.80. The first-order chi connectivity index (χ1) is 10.0. The molecule has 6 nitrogen and oxygen atoms in total. The average molecular weight is 308 g/mol. The molecule has 0 unspecified atom stereocenters. The summed E-state index contributed by atoms with van der Waals surface area (Å²) in [5, 5.41) is 20.1. The van der Waals surface area contributed by atoms with E-state index < -0.39 is 5.97 Å². The number of rotatable bonds is 7. The Morgan fingerprint density at radius 2 is 2.24 bits per heavy atom. The number of carboxylic acid groups (broad SMARTS) is 1. The van der Waals surface area contributed by atoms with Gasteiger partial charge in [0.05, 0.1) is 22.9 Å². The lowest BCUT2D eigenvalue weighted by Gasteiger charge is -2.08. The van der Waals surface area contributed by atoms with Gasteiger partial charge in [0.15, 0.2) is 5.69 Å². The number of hydrogen-bond donors (Lipinski definition) is 1. The number of carbonyl (C=O) groups is 1. The topological polar surface area (TPSA) is 80.9 Å². The van der Waals surface area contributed by atoms with Crippen molar-refractivity contribution in [1.29, 1.82) is 0 Å². The zero-order valence-corrected chi connectivity index (χ0v) is 13.4. The molecular weight excluding hydrogens is 288 g/mol. The summed E-state index contributed by atoms with van der Waals surface area (Å²) in [4.78, 5) is 15.8. The third kappa shape index (κ3) is 3.87. The van der Waals surface area contributed by atoms with Crippen molar-refractivity contribution in [2.45, 2.75) is 46.6 Å². The van der Waals surface area contributed by atoms with E-state index in [1.54, 1.807) is 16.0 Å². The van der Waals surface area contributed by atoms with Crippen LogP contribution in [0.2, 0.25) is 0 Å². The standard InChI is InChI=1S/C14H20N4O2S/c1-4-5-12-15-10(8-21-12)7-18-11(6-9(2)3)13(14(19)20)16-17-18/h8-9H,4-7H2,1-3H3,(H,19,20). The quantitative estimate of drug-likeness (QED) is 0.850. The molecule has 0 saturated heterocycles. The van der Waals surface area contributed by atoms with Crippen LogP contribution in [0, 0.1) is 5.92 Å². The molecule has 0 atom stereocenters. The highest BCUT2D eigenvalue weighted by Crippen LogP contribution is 2.16. The molecule has 7 heteroatoms. The fourth-order valence-electron chi connectivity index (χ4n) is 2.12. The van der Waals surface area contributed by atoms with Gasteiger partial charge in [0.1, 0.15) is 0 Å². The molecule has 0 aliphatic heterocycles. The normalized spacial score (nSPS) is 11.2. The van der Waals surface area contributed by atoms with E-state index >= 15 is 0 Å². The van der Waals surface area contributed by atoms with E-state index in [0.29, 0.717) is 24.6 Å². The average Bonchev–Trinajstić information content (AvgIpc) is 2.98. The Bertz CT molecular complexity index is 618. The Morgan fingerprint density at radius 3 is 2.86 bits per heavy atom. The largest absolute Gasteiger partial charge is 0.476 e. The first kappa shape index (κ1) is 15.6. The molecule has 0 radical (unpaired) electrons. The molecule has 2 aromatic heterocycles. The molecule has 0 aliphatic carbocycles. The smallest absolute Gasteiger partial charge is 0.358 e. The van der Waals surface area contributed by atoms with Crippen molar-refractivity contribution >= 4 is 17.3 Å². The van der Waals surface area contributed by atoms with Gasteiger partial charge in [-0.1, -0.05) is 26.0 Å². The van der Waals surface area contributed by atoms with Gasteiger partial charge in [0.2, 0.25) is 0 Å². The summed E-state index contributed by atoms with van der Waals surface area (Å²) in [6.45, 7) is 6.69. The van der Waals surface area contributed by atoms with Crippen LogP contribution in [0.3, 0.4) is 0 Å². The van der Waals surface area contributed by atoms with Crippen LogP contribution < -0.4 is 0 Å². The Morgan fingerprint density at radius 1 is 1.48 bits per heavy atom. The first-order valence-corrected chi connectivity index (χ1v) is 7.98. The van der Waals surface area contributed by atoms with E-state index in [1.165, 1.54) is 0 Å². The molecule has 21 heavy (non-hydrogen) atoms. The van der Waals surface area contributed by atoms with Gasteiger partial charge in [-0.3, -0.25) is 0 Å². The maximum absolute atomic E-state index is 11.2.